The van der Waals surface area contributed by atoms with Gasteiger partial charge in [-0.2, -0.15) is 0 Å². The molecule has 0 aliphatic carbocycles. The van der Waals surface area contributed by atoms with Crippen molar-refractivity contribution in [1.82, 2.24) is 4.90 Å². The van der Waals surface area contributed by atoms with Crippen molar-refractivity contribution in [2.24, 2.45) is 5.73 Å². The molecule has 2 N–H and O–H groups in total. The molecule has 0 bridgehead atoms. The standard InChI is InChI=1S/C9H22N2/c1-4-5-7-11(3)8-6-9(2)10/h9H,4-8,10H2,1-3H3. The summed E-state index contributed by atoms with van der Waals surface area (Å²) >= 11 is 0. The van der Waals surface area contributed by atoms with Gasteiger partial charge in [-0.3, -0.25) is 0 Å². The first-order valence-electron chi connectivity index (χ1n) is 4.61. The molecule has 0 aromatic heterocycles. The molecule has 1 atom stereocenters. The number of hydrogen-bond donors (Lipinski definition) is 1. The van der Waals surface area contributed by atoms with Gasteiger partial charge in [-0.05, 0) is 39.9 Å². The molecule has 0 aromatic rings. The fraction of sp³-hybridized carbons (Fsp3) is 1.00. The highest BCUT2D eigenvalue weighted by atomic mass is 15.1. The fourth-order valence-corrected chi connectivity index (χ4v) is 0.964. The number of nitrogens with two attached hydrogens (primary N) is 1. The Labute approximate surface area is 70.8 Å². The molecule has 0 radical (unpaired) electrons. The van der Waals surface area contributed by atoms with Crippen LogP contribution in [0.3, 0.4) is 0 Å². The van der Waals surface area contributed by atoms with Crippen LogP contribution in [0.5, 0.6) is 0 Å². The van der Waals surface area contributed by atoms with Crippen LogP contribution in [0.25, 0.3) is 0 Å². The normalized spacial score (nSPS) is 13.9. The maximum absolute atomic E-state index is 5.64. The Balaban J connectivity index is 3.15. The van der Waals surface area contributed by atoms with Crippen molar-refractivity contribution in [3.05, 3.63) is 0 Å². The minimum atomic E-state index is 0.346. The molecule has 0 amide bonds. The van der Waals surface area contributed by atoms with Crippen LogP contribution < -0.4 is 5.73 Å². The van der Waals surface area contributed by atoms with Gasteiger partial charge in [0, 0.05) is 6.04 Å². The summed E-state index contributed by atoms with van der Waals surface area (Å²) in [6.07, 6.45) is 3.69. The summed E-state index contributed by atoms with van der Waals surface area (Å²) in [5.74, 6) is 0. The van der Waals surface area contributed by atoms with Gasteiger partial charge in [-0.1, -0.05) is 13.3 Å². The van der Waals surface area contributed by atoms with Gasteiger partial charge < -0.3 is 10.6 Å². The summed E-state index contributed by atoms with van der Waals surface area (Å²) in [5, 5.41) is 0. The minimum absolute atomic E-state index is 0.346. The van der Waals surface area contributed by atoms with Crippen LogP contribution >= 0.6 is 0 Å². The van der Waals surface area contributed by atoms with Crippen LogP contribution in [0, 0.1) is 0 Å². The topological polar surface area (TPSA) is 29.3 Å². The first kappa shape index (κ1) is 10.9. The molecule has 0 saturated heterocycles. The average Bonchev–Trinajstić information content (AvgIpc) is 1.97. The van der Waals surface area contributed by atoms with Gasteiger partial charge in [0.25, 0.3) is 0 Å². The third-order valence-electron chi connectivity index (χ3n) is 1.86. The maximum Gasteiger partial charge on any atom is 0.00226 e. The van der Waals surface area contributed by atoms with Crippen molar-refractivity contribution in [1.29, 1.82) is 0 Å². The largest absolute Gasteiger partial charge is 0.328 e. The second kappa shape index (κ2) is 6.62. The van der Waals surface area contributed by atoms with E-state index in [9.17, 15) is 0 Å². The second-order valence-electron chi connectivity index (χ2n) is 3.42. The van der Waals surface area contributed by atoms with Gasteiger partial charge in [0.15, 0.2) is 0 Å². The molecule has 1 unspecified atom stereocenters. The molecule has 0 rings (SSSR count). The van der Waals surface area contributed by atoms with E-state index in [1.807, 2.05) is 0 Å². The maximum atomic E-state index is 5.64. The Morgan fingerprint density at radius 2 is 2.00 bits per heavy atom. The summed E-state index contributed by atoms with van der Waals surface area (Å²) in [6, 6.07) is 0.346. The fourth-order valence-electron chi connectivity index (χ4n) is 0.964. The van der Waals surface area contributed by atoms with Crippen molar-refractivity contribution in [2.75, 3.05) is 20.1 Å². The van der Waals surface area contributed by atoms with Crippen LogP contribution in [0.4, 0.5) is 0 Å². The summed E-state index contributed by atoms with van der Waals surface area (Å²) in [5.41, 5.74) is 5.64. The van der Waals surface area contributed by atoms with E-state index in [1.54, 1.807) is 0 Å². The lowest BCUT2D eigenvalue weighted by Gasteiger charge is -2.16. The number of unbranched alkanes of at least 4 members (excludes halogenated alkanes) is 1. The van der Waals surface area contributed by atoms with E-state index in [-0.39, 0.29) is 0 Å². The first-order valence-corrected chi connectivity index (χ1v) is 4.61. The summed E-state index contributed by atoms with van der Waals surface area (Å²) in [7, 11) is 2.16. The van der Waals surface area contributed by atoms with E-state index in [0.29, 0.717) is 6.04 Å². The Kier molecular flexibility index (Phi) is 6.57. The molecule has 68 valence electrons. The van der Waals surface area contributed by atoms with Crippen LogP contribution in [-0.2, 0) is 0 Å². The summed E-state index contributed by atoms with van der Waals surface area (Å²) < 4.78 is 0. The van der Waals surface area contributed by atoms with Crippen molar-refractivity contribution in [2.45, 2.75) is 39.2 Å². The monoisotopic (exact) mass is 158 g/mol. The quantitative estimate of drug-likeness (QED) is 0.634. The van der Waals surface area contributed by atoms with Gasteiger partial charge in [0.1, 0.15) is 0 Å². The third-order valence-corrected chi connectivity index (χ3v) is 1.86. The Morgan fingerprint density at radius 3 is 2.45 bits per heavy atom. The summed E-state index contributed by atoms with van der Waals surface area (Å²) in [4.78, 5) is 2.35. The van der Waals surface area contributed by atoms with E-state index >= 15 is 0 Å². The zero-order chi connectivity index (χ0) is 8.69. The Hall–Kier alpha value is -0.0800. The van der Waals surface area contributed by atoms with Gasteiger partial charge >= 0.3 is 0 Å². The summed E-state index contributed by atoms with van der Waals surface area (Å²) in [6.45, 7) is 6.63. The van der Waals surface area contributed by atoms with E-state index in [0.717, 1.165) is 13.0 Å². The molecular weight excluding hydrogens is 136 g/mol. The van der Waals surface area contributed by atoms with E-state index in [1.165, 1.54) is 19.4 Å². The highest BCUT2D eigenvalue weighted by Crippen LogP contribution is 1.94. The van der Waals surface area contributed by atoms with Gasteiger partial charge in [0.2, 0.25) is 0 Å². The highest BCUT2D eigenvalue weighted by molar-refractivity contribution is 4.57. The zero-order valence-corrected chi connectivity index (χ0v) is 8.14. The second-order valence-corrected chi connectivity index (χ2v) is 3.42. The van der Waals surface area contributed by atoms with Crippen LogP contribution in [0.2, 0.25) is 0 Å². The third kappa shape index (κ3) is 7.82. The van der Waals surface area contributed by atoms with Crippen molar-refractivity contribution < 1.29 is 0 Å². The average molecular weight is 158 g/mol. The Morgan fingerprint density at radius 1 is 1.36 bits per heavy atom. The molecule has 0 heterocycles. The van der Waals surface area contributed by atoms with Gasteiger partial charge in [-0.25, -0.2) is 0 Å². The number of nitrogens with zero attached hydrogens (tertiary/aromatic N) is 1. The lowest BCUT2D eigenvalue weighted by molar-refractivity contribution is 0.315. The molecular formula is C9H22N2. The lowest BCUT2D eigenvalue weighted by Crippen LogP contribution is -2.26. The Bertz CT molecular complexity index is 81.6. The van der Waals surface area contributed by atoms with Crippen LogP contribution in [0.1, 0.15) is 33.1 Å². The molecule has 2 heteroatoms. The number of rotatable bonds is 6. The zero-order valence-electron chi connectivity index (χ0n) is 8.14. The van der Waals surface area contributed by atoms with Crippen molar-refractivity contribution in [3.63, 3.8) is 0 Å². The smallest absolute Gasteiger partial charge is 0.00226 e. The van der Waals surface area contributed by atoms with Gasteiger partial charge in [0.05, 0.1) is 0 Å². The molecule has 0 fully saturated rings. The molecule has 0 aliphatic heterocycles. The van der Waals surface area contributed by atoms with E-state index in [4.69, 9.17) is 5.73 Å². The van der Waals surface area contributed by atoms with Gasteiger partial charge in [-0.15, -0.1) is 0 Å². The predicted octanol–water partition coefficient (Wildman–Crippen LogP) is 1.46. The van der Waals surface area contributed by atoms with Crippen molar-refractivity contribution >= 4 is 0 Å². The minimum Gasteiger partial charge on any atom is -0.328 e. The SMILES string of the molecule is CCCCN(C)CCC(C)N. The predicted molar refractivity (Wildman–Crippen MR) is 50.7 cm³/mol. The molecule has 0 saturated carbocycles. The molecule has 0 aromatic carbocycles. The van der Waals surface area contributed by atoms with Crippen LogP contribution in [-0.4, -0.2) is 31.1 Å². The van der Waals surface area contributed by atoms with Crippen molar-refractivity contribution in [3.8, 4) is 0 Å². The number of hydrogen-bond acceptors (Lipinski definition) is 2. The van der Waals surface area contributed by atoms with E-state index in [2.05, 4.69) is 25.8 Å². The molecule has 2 nitrogen and oxygen atoms in total. The van der Waals surface area contributed by atoms with E-state index < -0.39 is 0 Å². The molecule has 0 spiro atoms. The molecule has 0 aliphatic rings. The molecule has 11 heavy (non-hydrogen) atoms. The van der Waals surface area contributed by atoms with Crippen LogP contribution in [0.15, 0.2) is 0 Å². The highest BCUT2D eigenvalue weighted by Gasteiger charge is 1.98. The lowest BCUT2D eigenvalue weighted by atomic mass is 10.2. The first-order chi connectivity index (χ1) is 5.16.